The Kier molecular flexibility index (Phi) is 2.57. The van der Waals surface area contributed by atoms with Crippen molar-refractivity contribution < 1.29 is 0 Å². The van der Waals surface area contributed by atoms with Crippen molar-refractivity contribution in [1.29, 1.82) is 0 Å². The van der Waals surface area contributed by atoms with Crippen molar-refractivity contribution in [3.05, 3.63) is 36.1 Å². The first kappa shape index (κ1) is 7.42. The highest BCUT2D eigenvalue weighted by Crippen LogP contribution is 2.07. The molecule has 0 amide bonds. The minimum Gasteiger partial charge on any atom is -0.299 e. The Morgan fingerprint density at radius 1 is 1.50 bits per heavy atom. The van der Waals surface area contributed by atoms with Crippen LogP contribution in [-0.4, -0.2) is 0 Å². The highest BCUT2D eigenvalue weighted by atomic mass is 35.5. The Hall–Kier alpha value is -0.690. The molecular weight excluding hydrogens is 146 g/mol. The Balaban J connectivity index is 2.71. The lowest BCUT2D eigenvalue weighted by Gasteiger charge is -1.94. The van der Waals surface area contributed by atoms with Crippen LogP contribution in [0.25, 0.3) is 0 Å². The summed E-state index contributed by atoms with van der Waals surface area (Å²) < 4.78 is 0. The largest absolute Gasteiger partial charge is 0.299 e. The molecule has 0 spiro atoms. The monoisotopic (exact) mass is 155 g/mol. The maximum atomic E-state index is 5.40. The van der Waals surface area contributed by atoms with Crippen molar-refractivity contribution in [2.45, 2.75) is 6.92 Å². The van der Waals surface area contributed by atoms with Crippen molar-refractivity contribution in [3.63, 3.8) is 0 Å². The quantitative estimate of drug-likeness (QED) is 0.574. The summed E-state index contributed by atoms with van der Waals surface area (Å²) in [6, 6.07) is 0. The summed E-state index contributed by atoms with van der Waals surface area (Å²) in [6.45, 7) is 2.12. The molecule has 10 heavy (non-hydrogen) atoms. The van der Waals surface area contributed by atoms with Crippen molar-refractivity contribution in [1.82, 2.24) is 4.84 Å². The zero-order chi connectivity index (χ0) is 7.40. The standard InChI is InChI=1S/C8H10ClN/c1-7-3-2-4-8(10-9)6-5-7/h2-7,10H,1H3. The van der Waals surface area contributed by atoms with Crippen molar-refractivity contribution in [3.8, 4) is 0 Å². The highest BCUT2D eigenvalue weighted by Gasteiger charge is 1.94. The summed E-state index contributed by atoms with van der Waals surface area (Å²) in [6.07, 6.45) is 10.1. The molecule has 1 nitrogen and oxygen atoms in total. The van der Waals surface area contributed by atoms with E-state index in [0.29, 0.717) is 5.92 Å². The maximum Gasteiger partial charge on any atom is 0.0488 e. The molecule has 0 heterocycles. The average molecular weight is 156 g/mol. The normalized spacial score (nSPS) is 23.8. The summed E-state index contributed by atoms with van der Waals surface area (Å²) in [7, 11) is 0. The Morgan fingerprint density at radius 2 is 2.30 bits per heavy atom. The van der Waals surface area contributed by atoms with Crippen LogP contribution in [-0.2, 0) is 0 Å². The predicted molar refractivity (Wildman–Crippen MR) is 44.5 cm³/mol. The molecule has 0 fully saturated rings. The van der Waals surface area contributed by atoms with Gasteiger partial charge in [0.2, 0.25) is 0 Å². The first-order chi connectivity index (χ1) is 4.83. The van der Waals surface area contributed by atoms with Gasteiger partial charge in [-0.25, -0.2) is 0 Å². The molecule has 1 rings (SSSR count). The number of hydrogen-bond acceptors (Lipinski definition) is 1. The van der Waals surface area contributed by atoms with Crippen LogP contribution in [0.5, 0.6) is 0 Å². The van der Waals surface area contributed by atoms with E-state index in [-0.39, 0.29) is 0 Å². The molecule has 1 N–H and O–H groups in total. The van der Waals surface area contributed by atoms with Gasteiger partial charge in [0.15, 0.2) is 0 Å². The van der Waals surface area contributed by atoms with E-state index in [0.717, 1.165) is 5.70 Å². The molecule has 1 aliphatic carbocycles. The van der Waals surface area contributed by atoms with E-state index in [2.05, 4.69) is 23.9 Å². The molecule has 0 aliphatic heterocycles. The molecular formula is C8H10ClN. The van der Waals surface area contributed by atoms with E-state index < -0.39 is 0 Å². The summed E-state index contributed by atoms with van der Waals surface area (Å²) in [5.74, 6) is 0.499. The second-order valence-electron chi connectivity index (χ2n) is 2.32. The summed E-state index contributed by atoms with van der Waals surface area (Å²) in [5, 5.41) is 0. The summed E-state index contributed by atoms with van der Waals surface area (Å²) in [5.41, 5.74) is 0.933. The molecule has 0 radical (unpaired) electrons. The average Bonchev–Trinajstić information content (AvgIpc) is 2.14. The summed E-state index contributed by atoms with van der Waals surface area (Å²) in [4.78, 5) is 2.56. The van der Waals surface area contributed by atoms with E-state index in [9.17, 15) is 0 Å². The Bertz CT molecular complexity index is 191. The van der Waals surface area contributed by atoms with Crippen LogP contribution in [0.15, 0.2) is 36.1 Å². The maximum absolute atomic E-state index is 5.40. The minimum absolute atomic E-state index is 0.499. The molecule has 1 atom stereocenters. The molecule has 2 heteroatoms. The van der Waals surface area contributed by atoms with E-state index in [1.54, 1.807) is 0 Å². The molecule has 1 unspecified atom stereocenters. The third kappa shape index (κ3) is 1.92. The number of nitrogens with one attached hydrogen (secondary N) is 1. The number of rotatable bonds is 1. The van der Waals surface area contributed by atoms with Crippen molar-refractivity contribution >= 4 is 11.8 Å². The molecule has 54 valence electrons. The molecule has 0 aromatic heterocycles. The molecule has 0 saturated carbocycles. The van der Waals surface area contributed by atoms with Crippen LogP contribution in [0, 0.1) is 5.92 Å². The molecule has 0 saturated heterocycles. The Labute approximate surface area is 66.2 Å². The van der Waals surface area contributed by atoms with E-state index >= 15 is 0 Å². The van der Waals surface area contributed by atoms with Gasteiger partial charge in [0.25, 0.3) is 0 Å². The second kappa shape index (κ2) is 3.47. The number of halogens is 1. The van der Waals surface area contributed by atoms with Crippen LogP contribution in [0.3, 0.4) is 0 Å². The lowest BCUT2D eigenvalue weighted by Crippen LogP contribution is -1.93. The summed E-state index contributed by atoms with van der Waals surface area (Å²) >= 11 is 5.40. The van der Waals surface area contributed by atoms with Gasteiger partial charge in [-0.3, -0.25) is 4.84 Å². The Morgan fingerprint density at radius 3 is 3.00 bits per heavy atom. The number of hydrogen-bond donors (Lipinski definition) is 1. The van der Waals surface area contributed by atoms with Crippen molar-refractivity contribution in [2.75, 3.05) is 0 Å². The third-order valence-electron chi connectivity index (χ3n) is 1.38. The lowest BCUT2D eigenvalue weighted by atomic mass is 10.2. The van der Waals surface area contributed by atoms with Gasteiger partial charge in [0.1, 0.15) is 0 Å². The van der Waals surface area contributed by atoms with Crippen LogP contribution in [0.4, 0.5) is 0 Å². The SMILES string of the molecule is CC1C=CC=C(NCl)C=C1. The van der Waals surface area contributed by atoms with Gasteiger partial charge < -0.3 is 0 Å². The van der Waals surface area contributed by atoms with Gasteiger partial charge in [-0.05, 0) is 18.1 Å². The molecule has 0 aromatic carbocycles. The van der Waals surface area contributed by atoms with Crippen LogP contribution in [0.2, 0.25) is 0 Å². The first-order valence-electron chi connectivity index (χ1n) is 3.26. The first-order valence-corrected chi connectivity index (χ1v) is 3.64. The van der Waals surface area contributed by atoms with Gasteiger partial charge in [-0.15, -0.1) is 0 Å². The fourth-order valence-corrected chi connectivity index (χ4v) is 0.899. The topological polar surface area (TPSA) is 12.0 Å². The molecule has 0 aromatic rings. The fourth-order valence-electron chi connectivity index (χ4n) is 0.773. The number of allylic oxidation sites excluding steroid dienone is 5. The zero-order valence-corrected chi connectivity index (χ0v) is 6.60. The highest BCUT2D eigenvalue weighted by molar-refractivity contribution is 6.14. The minimum atomic E-state index is 0.499. The van der Waals surface area contributed by atoms with Crippen LogP contribution >= 0.6 is 11.8 Å². The second-order valence-corrected chi connectivity index (χ2v) is 2.51. The van der Waals surface area contributed by atoms with E-state index in [4.69, 9.17) is 11.8 Å². The molecule has 0 bridgehead atoms. The van der Waals surface area contributed by atoms with Crippen LogP contribution < -0.4 is 4.84 Å². The van der Waals surface area contributed by atoms with E-state index in [1.807, 2.05) is 18.2 Å². The van der Waals surface area contributed by atoms with Gasteiger partial charge in [-0.1, -0.05) is 25.2 Å². The lowest BCUT2D eigenvalue weighted by molar-refractivity contribution is 0.941. The van der Waals surface area contributed by atoms with Gasteiger partial charge in [-0.2, -0.15) is 0 Å². The van der Waals surface area contributed by atoms with Gasteiger partial charge in [0, 0.05) is 17.5 Å². The van der Waals surface area contributed by atoms with Crippen molar-refractivity contribution in [2.24, 2.45) is 5.92 Å². The fraction of sp³-hybridized carbons (Fsp3) is 0.250. The van der Waals surface area contributed by atoms with E-state index in [1.165, 1.54) is 0 Å². The van der Waals surface area contributed by atoms with Gasteiger partial charge >= 0.3 is 0 Å². The molecule has 1 aliphatic rings. The zero-order valence-electron chi connectivity index (χ0n) is 5.84. The van der Waals surface area contributed by atoms with Gasteiger partial charge in [0.05, 0.1) is 0 Å². The smallest absolute Gasteiger partial charge is 0.0488 e. The third-order valence-corrected chi connectivity index (χ3v) is 1.60. The van der Waals surface area contributed by atoms with Crippen LogP contribution in [0.1, 0.15) is 6.92 Å². The predicted octanol–water partition coefficient (Wildman–Crippen LogP) is 2.38.